The molecule has 0 aromatic carbocycles. The Morgan fingerprint density at radius 2 is 1.93 bits per heavy atom. The maximum atomic E-state index is 13.1. The highest BCUT2D eigenvalue weighted by Gasteiger charge is 2.34. The molecule has 1 amide bonds. The van der Waals surface area contributed by atoms with Gasteiger partial charge in [-0.05, 0) is 45.1 Å². The van der Waals surface area contributed by atoms with Crippen molar-refractivity contribution in [2.24, 2.45) is 0 Å². The lowest BCUT2D eigenvalue weighted by molar-refractivity contribution is -0.137. The Morgan fingerprint density at radius 3 is 2.59 bits per heavy atom. The van der Waals surface area contributed by atoms with Crippen molar-refractivity contribution in [3.05, 3.63) is 41.9 Å². The number of amides is 1. The second kappa shape index (κ2) is 8.73. The van der Waals surface area contributed by atoms with Crippen LogP contribution in [0, 0.1) is 0 Å². The predicted octanol–water partition coefficient (Wildman–Crippen LogP) is 2.90. The van der Waals surface area contributed by atoms with E-state index in [0.29, 0.717) is 19.6 Å². The van der Waals surface area contributed by atoms with Crippen LogP contribution in [0.5, 0.6) is 0 Å². The van der Waals surface area contributed by atoms with E-state index in [1.54, 1.807) is 6.07 Å². The number of likely N-dealkylation sites (tertiary alicyclic amines) is 1. The molecular formula is C19H23F3N6O. The topological polar surface area (TPSA) is 74.2 Å². The van der Waals surface area contributed by atoms with E-state index in [4.69, 9.17) is 0 Å². The van der Waals surface area contributed by atoms with Crippen molar-refractivity contribution in [2.45, 2.75) is 24.9 Å². The highest BCUT2D eigenvalue weighted by molar-refractivity contribution is 5.78. The first kappa shape index (κ1) is 21.0. The number of likely N-dealkylation sites (N-methyl/N-ethyl adjacent to an activating group) is 1. The van der Waals surface area contributed by atoms with Crippen LogP contribution in [-0.4, -0.2) is 64.4 Å². The SMILES string of the molecule is CN(C)CC(=O)N1CCC(c2ccnc(Nc3ncccc3C(F)(F)F)n2)CC1. The smallest absolute Gasteiger partial charge is 0.342 e. The normalized spacial score (nSPS) is 15.6. The van der Waals surface area contributed by atoms with Gasteiger partial charge in [0.2, 0.25) is 11.9 Å². The molecule has 1 fully saturated rings. The number of pyridine rings is 1. The van der Waals surface area contributed by atoms with Crippen LogP contribution in [0.3, 0.4) is 0 Å². The molecule has 2 aromatic heterocycles. The zero-order valence-electron chi connectivity index (χ0n) is 16.3. The summed E-state index contributed by atoms with van der Waals surface area (Å²) in [7, 11) is 3.71. The van der Waals surface area contributed by atoms with Crippen molar-refractivity contribution in [3.63, 3.8) is 0 Å². The van der Waals surface area contributed by atoms with Crippen LogP contribution in [0.15, 0.2) is 30.6 Å². The van der Waals surface area contributed by atoms with E-state index in [1.165, 1.54) is 18.5 Å². The lowest BCUT2D eigenvalue weighted by atomic mass is 9.93. The Balaban J connectivity index is 1.68. The summed E-state index contributed by atoms with van der Waals surface area (Å²) < 4.78 is 39.4. The fourth-order valence-corrected chi connectivity index (χ4v) is 3.29. The zero-order chi connectivity index (χ0) is 21.0. The number of alkyl halides is 3. The van der Waals surface area contributed by atoms with Crippen LogP contribution in [0.1, 0.15) is 30.0 Å². The lowest BCUT2D eigenvalue weighted by Crippen LogP contribution is -2.42. The van der Waals surface area contributed by atoms with E-state index < -0.39 is 11.7 Å². The van der Waals surface area contributed by atoms with Gasteiger partial charge in [0, 0.05) is 37.1 Å². The van der Waals surface area contributed by atoms with Gasteiger partial charge in [-0.2, -0.15) is 13.2 Å². The van der Waals surface area contributed by atoms with Crippen LogP contribution in [0.25, 0.3) is 0 Å². The quantitative estimate of drug-likeness (QED) is 0.820. The molecule has 0 aliphatic carbocycles. The minimum atomic E-state index is -4.53. The summed E-state index contributed by atoms with van der Waals surface area (Å²) >= 11 is 0. The molecule has 1 saturated heterocycles. The fourth-order valence-electron chi connectivity index (χ4n) is 3.29. The van der Waals surface area contributed by atoms with Crippen LogP contribution >= 0.6 is 0 Å². The van der Waals surface area contributed by atoms with Crippen molar-refractivity contribution in [1.82, 2.24) is 24.8 Å². The van der Waals surface area contributed by atoms with Crippen molar-refractivity contribution >= 4 is 17.7 Å². The van der Waals surface area contributed by atoms with Crippen molar-refractivity contribution in [1.29, 1.82) is 0 Å². The summed E-state index contributed by atoms with van der Waals surface area (Å²) in [5.41, 5.74) is -0.131. The molecule has 0 radical (unpaired) electrons. The molecule has 0 unspecified atom stereocenters. The molecule has 0 atom stereocenters. The van der Waals surface area contributed by atoms with Crippen molar-refractivity contribution in [3.8, 4) is 0 Å². The van der Waals surface area contributed by atoms with Crippen molar-refractivity contribution in [2.75, 3.05) is 39.0 Å². The molecule has 3 heterocycles. The van der Waals surface area contributed by atoms with Gasteiger partial charge in [0.15, 0.2) is 0 Å². The number of rotatable bonds is 5. The first-order valence-corrected chi connectivity index (χ1v) is 9.28. The number of carbonyl (C=O) groups is 1. The van der Waals surface area contributed by atoms with E-state index in [9.17, 15) is 18.0 Å². The molecule has 156 valence electrons. The highest BCUT2D eigenvalue weighted by Crippen LogP contribution is 2.34. The highest BCUT2D eigenvalue weighted by atomic mass is 19.4. The van der Waals surface area contributed by atoms with E-state index in [1.807, 2.05) is 23.9 Å². The fraction of sp³-hybridized carbons (Fsp3) is 0.474. The molecule has 3 rings (SSSR count). The standard InChI is InChI=1S/C19H23F3N6O/c1-27(2)12-16(29)28-10-6-13(7-11-28)15-5-9-24-18(25-15)26-17-14(19(20,21)22)4-3-8-23-17/h3-5,8-9,13H,6-7,10-12H2,1-2H3,(H,23,24,25,26). The molecule has 2 aromatic rings. The molecule has 1 N–H and O–H groups in total. The van der Waals surface area contributed by atoms with Gasteiger partial charge in [-0.3, -0.25) is 4.79 Å². The van der Waals surface area contributed by atoms with E-state index >= 15 is 0 Å². The Hall–Kier alpha value is -2.75. The first-order chi connectivity index (χ1) is 13.7. The monoisotopic (exact) mass is 408 g/mol. The Bertz CT molecular complexity index is 850. The average molecular weight is 408 g/mol. The number of nitrogens with zero attached hydrogens (tertiary/aromatic N) is 5. The first-order valence-electron chi connectivity index (χ1n) is 9.28. The third-order valence-corrected chi connectivity index (χ3v) is 4.74. The number of anilines is 2. The molecule has 1 aliphatic heterocycles. The number of aromatic nitrogens is 3. The molecule has 0 spiro atoms. The summed E-state index contributed by atoms with van der Waals surface area (Å²) in [5, 5.41) is 2.58. The number of hydrogen-bond acceptors (Lipinski definition) is 6. The largest absolute Gasteiger partial charge is 0.419 e. The minimum absolute atomic E-state index is 0.0674. The maximum Gasteiger partial charge on any atom is 0.419 e. The zero-order valence-corrected chi connectivity index (χ0v) is 16.3. The number of carbonyl (C=O) groups excluding carboxylic acids is 1. The molecule has 1 aliphatic rings. The summed E-state index contributed by atoms with van der Waals surface area (Å²) in [6.07, 6.45) is -0.244. The molecule has 10 heteroatoms. The summed E-state index contributed by atoms with van der Waals surface area (Å²) in [4.78, 5) is 28.0. The second-order valence-electron chi connectivity index (χ2n) is 7.22. The van der Waals surface area contributed by atoms with Gasteiger partial charge in [-0.25, -0.2) is 15.0 Å². The van der Waals surface area contributed by atoms with Gasteiger partial charge in [-0.15, -0.1) is 0 Å². The van der Waals surface area contributed by atoms with E-state index in [-0.39, 0.29) is 23.6 Å². The van der Waals surface area contributed by atoms with Gasteiger partial charge in [0.1, 0.15) is 5.82 Å². The van der Waals surface area contributed by atoms with Crippen LogP contribution in [-0.2, 0) is 11.0 Å². The summed E-state index contributed by atoms with van der Waals surface area (Å²) in [6, 6.07) is 3.95. The molecule has 29 heavy (non-hydrogen) atoms. The van der Waals surface area contributed by atoms with Crippen LogP contribution < -0.4 is 5.32 Å². The van der Waals surface area contributed by atoms with Crippen LogP contribution in [0.2, 0.25) is 0 Å². The molecular weight excluding hydrogens is 385 g/mol. The Morgan fingerprint density at radius 1 is 1.21 bits per heavy atom. The third kappa shape index (κ3) is 5.41. The summed E-state index contributed by atoms with van der Waals surface area (Å²) in [6.45, 7) is 1.63. The van der Waals surface area contributed by atoms with E-state index in [2.05, 4.69) is 20.3 Å². The maximum absolute atomic E-state index is 13.1. The number of hydrogen-bond donors (Lipinski definition) is 1. The molecule has 0 bridgehead atoms. The second-order valence-corrected chi connectivity index (χ2v) is 7.22. The summed E-state index contributed by atoms with van der Waals surface area (Å²) in [5.74, 6) is -0.0554. The minimum Gasteiger partial charge on any atom is -0.342 e. The average Bonchev–Trinajstić information content (AvgIpc) is 2.67. The third-order valence-electron chi connectivity index (χ3n) is 4.74. The molecule has 7 nitrogen and oxygen atoms in total. The van der Waals surface area contributed by atoms with Gasteiger partial charge < -0.3 is 15.1 Å². The lowest BCUT2D eigenvalue weighted by Gasteiger charge is -2.32. The van der Waals surface area contributed by atoms with E-state index in [0.717, 1.165) is 24.6 Å². The molecule has 0 saturated carbocycles. The van der Waals surface area contributed by atoms with Gasteiger partial charge >= 0.3 is 6.18 Å². The van der Waals surface area contributed by atoms with Gasteiger partial charge in [0.25, 0.3) is 0 Å². The Labute approximate surface area is 167 Å². The number of halogens is 3. The number of nitrogens with one attached hydrogen (secondary N) is 1. The predicted molar refractivity (Wildman–Crippen MR) is 102 cm³/mol. The van der Waals surface area contributed by atoms with Crippen molar-refractivity contribution < 1.29 is 18.0 Å². The van der Waals surface area contributed by atoms with Crippen LogP contribution in [0.4, 0.5) is 24.9 Å². The van der Waals surface area contributed by atoms with Gasteiger partial charge in [-0.1, -0.05) is 0 Å². The Kier molecular flexibility index (Phi) is 6.31. The van der Waals surface area contributed by atoms with Gasteiger partial charge in [0.05, 0.1) is 12.1 Å². The number of piperidine rings is 1.